The van der Waals surface area contributed by atoms with E-state index in [1.165, 1.54) is 0 Å². The highest BCUT2D eigenvalue weighted by molar-refractivity contribution is 5.91. The van der Waals surface area contributed by atoms with Crippen molar-refractivity contribution in [1.82, 2.24) is 15.5 Å². The van der Waals surface area contributed by atoms with Gasteiger partial charge < -0.3 is 20.8 Å². The monoisotopic (exact) mass is 287 g/mol. The average molecular weight is 287 g/mol. The molecule has 0 aromatic carbocycles. The average Bonchev–Trinajstić information content (AvgIpc) is 2.38. The molecule has 0 aliphatic carbocycles. The molecule has 1 unspecified atom stereocenters. The smallest absolute Gasteiger partial charge is 0.326 e. The van der Waals surface area contributed by atoms with Gasteiger partial charge in [0, 0.05) is 26.2 Å². The molecule has 1 aliphatic heterocycles. The Labute approximate surface area is 117 Å². The van der Waals surface area contributed by atoms with Gasteiger partial charge in [0.1, 0.15) is 6.04 Å². The summed E-state index contributed by atoms with van der Waals surface area (Å²) in [6.07, 6.45) is -0.640. The van der Waals surface area contributed by atoms with Crippen molar-refractivity contribution in [2.24, 2.45) is 0 Å². The van der Waals surface area contributed by atoms with Crippen LogP contribution in [0.15, 0.2) is 0 Å². The van der Waals surface area contributed by atoms with E-state index in [1.54, 1.807) is 13.8 Å². The lowest BCUT2D eigenvalue weighted by atomic mass is 9.99. The first-order valence-corrected chi connectivity index (χ1v) is 6.46. The van der Waals surface area contributed by atoms with E-state index in [1.807, 2.05) is 4.90 Å². The maximum atomic E-state index is 12.2. The zero-order chi connectivity index (χ0) is 15.3. The van der Waals surface area contributed by atoms with E-state index in [4.69, 9.17) is 10.2 Å². The largest absolute Gasteiger partial charge is 0.481 e. The molecule has 1 rings (SSSR count). The molecule has 4 N–H and O–H groups in total. The maximum absolute atomic E-state index is 12.2. The van der Waals surface area contributed by atoms with Gasteiger partial charge in [-0.3, -0.25) is 14.5 Å². The molecule has 8 nitrogen and oxygen atoms in total. The van der Waals surface area contributed by atoms with E-state index >= 15 is 0 Å². The Kier molecular flexibility index (Phi) is 5.46. The first-order valence-electron chi connectivity index (χ1n) is 6.46. The van der Waals surface area contributed by atoms with Crippen LogP contribution in [0.3, 0.4) is 0 Å². The molecule has 0 bridgehead atoms. The fourth-order valence-corrected chi connectivity index (χ4v) is 2.08. The number of amides is 1. The van der Waals surface area contributed by atoms with E-state index < -0.39 is 35.8 Å². The number of hydrogen-bond donors (Lipinski definition) is 4. The molecule has 1 fully saturated rings. The number of carboxylic acid groups (broad SMARTS) is 2. The van der Waals surface area contributed by atoms with Gasteiger partial charge >= 0.3 is 11.9 Å². The van der Waals surface area contributed by atoms with Gasteiger partial charge in [-0.05, 0) is 13.8 Å². The van der Waals surface area contributed by atoms with Crippen molar-refractivity contribution in [2.45, 2.75) is 31.8 Å². The highest BCUT2D eigenvalue weighted by Crippen LogP contribution is 2.15. The molecule has 1 atom stereocenters. The Balaban J connectivity index is 2.70. The van der Waals surface area contributed by atoms with Crippen LogP contribution in [0.5, 0.6) is 0 Å². The third kappa shape index (κ3) is 4.17. The molecule has 0 aromatic rings. The lowest BCUT2D eigenvalue weighted by molar-refractivity contribution is -0.148. The summed E-state index contributed by atoms with van der Waals surface area (Å²) < 4.78 is 0. The second kappa shape index (κ2) is 6.67. The summed E-state index contributed by atoms with van der Waals surface area (Å²) in [4.78, 5) is 35.8. The van der Waals surface area contributed by atoms with Crippen LogP contribution in [0.1, 0.15) is 20.3 Å². The first-order chi connectivity index (χ1) is 9.25. The fraction of sp³-hybridized carbons (Fsp3) is 0.750. The van der Waals surface area contributed by atoms with Gasteiger partial charge in [-0.1, -0.05) is 0 Å². The third-order valence-corrected chi connectivity index (χ3v) is 3.45. The maximum Gasteiger partial charge on any atom is 0.326 e. The molecular weight excluding hydrogens is 266 g/mol. The summed E-state index contributed by atoms with van der Waals surface area (Å²) in [7, 11) is 0. The number of carbonyl (C=O) groups is 3. The minimum atomic E-state index is -1.41. The zero-order valence-electron chi connectivity index (χ0n) is 11.7. The summed E-state index contributed by atoms with van der Waals surface area (Å²) in [5.74, 6) is -3.09. The molecule has 1 aliphatic rings. The van der Waals surface area contributed by atoms with Crippen molar-refractivity contribution in [3.63, 3.8) is 0 Å². The van der Waals surface area contributed by atoms with Crippen LogP contribution < -0.4 is 10.6 Å². The minimum absolute atomic E-state index is 0.479. The number of hydrogen-bond acceptors (Lipinski definition) is 5. The summed E-state index contributed by atoms with van der Waals surface area (Å²) in [5.41, 5.74) is -0.881. The predicted molar refractivity (Wildman–Crippen MR) is 70.3 cm³/mol. The van der Waals surface area contributed by atoms with Crippen molar-refractivity contribution in [2.75, 3.05) is 26.2 Å². The molecule has 20 heavy (non-hydrogen) atoms. The second-order valence-corrected chi connectivity index (χ2v) is 5.26. The van der Waals surface area contributed by atoms with Crippen LogP contribution in [0.25, 0.3) is 0 Å². The second-order valence-electron chi connectivity index (χ2n) is 5.26. The Morgan fingerprint density at radius 3 is 2.25 bits per heavy atom. The van der Waals surface area contributed by atoms with Crippen LogP contribution in [0, 0.1) is 0 Å². The lowest BCUT2D eigenvalue weighted by Crippen LogP contribution is -2.61. The van der Waals surface area contributed by atoms with Gasteiger partial charge in [0.15, 0.2) is 0 Å². The zero-order valence-corrected chi connectivity index (χ0v) is 11.7. The molecule has 0 aromatic heterocycles. The van der Waals surface area contributed by atoms with Gasteiger partial charge in [0.25, 0.3) is 0 Å². The van der Waals surface area contributed by atoms with Crippen LogP contribution in [-0.4, -0.2) is 70.7 Å². The van der Waals surface area contributed by atoms with Crippen molar-refractivity contribution >= 4 is 17.8 Å². The minimum Gasteiger partial charge on any atom is -0.481 e. The van der Waals surface area contributed by atoms with E-state index in [9.17, 15) is 14.4 Å². The number of nitrogens with zero attached hydrogens (tertiary/aromatic N) is 1. The Morgan fingerprint density at radius 2 is 1.80 bits per heavy atom. The van der Waals surface area contributed by atoms with Gasteiger partial charge in [0.2, 0.25) is 5.91 Å². The number of carbonyl (C=O) groups excluding carboxylic acids is 1. The number of carboxylic acids is 2. The van der Waals surface area contributed by atoms with Gasteiger partial charge in [0.05, 0.1) is 12.0 Å². The number of nitrogens with one attached hydrogen (secondary N) is 2. The number of piperazine rings is 1. The van der Waals surface area contributed by atoms with E-state index in [-0.39, 0.29) is 0 Å². The van der Waals surface area contributed by atoms with E-state index in [0.29, 0.717) is 13.1 Å². The van der Waals surface area contributed by atoms with Gasteiger partial charge in [-0.2, -0.15) is 0 Å². The molecule has 1 heterocycles. The molecule has 0 spiro atoms. The fourth-order valence-electron chi connectivity index (χ4n) is 2.08. The van der Waals surface area contributed by atoms with Crippen LogP contribution >= 0.6 is 0 Å². The molecule has 8 heteroatoms. The highest BCUT2D eigenvalue weighted by atomic mass is 16.4. The van der Waals surface area contributed by atoms with Crippen molar-refractivity contribution < 1.29 is 24.6 Å². The van der Waals surface area contributed by atoms with Crippen LogP contribution in [-0.2, 0) is 14.4 Å². The SMILES string of the molecule is CC(C)(C(=O)NC(CC(=O)O)C(=O)O)N1CCNCC1. The first kappa shape index (κ1) is 16.4. The van der Waals surface area contributed by atoms with Gasteiger partial charge in [-0.25, -0.2) is 4.79 Å². The molecule has 1 amide bonds. The quantitative estimate of drug-likeness (QED) is 0.480. The summed E-state index contributed by atoms with van der Waals surface area (Å²) >= 11 is 0. The third-order valence-electron chi connectivity index (χ3n) is 3.45. The Morgan fingerprint density at radius 1 is 1.25 bits per heavy atom. The van der Waals surface area contributed by atoms with Crippen molar-refractivity contribution in [3.05, 3.63) is 0 Å². The number of aliphatic carboxylic acids is 2. The predicted octanol–water partition coefficient (Wildman–Crippen LogP) is -1.29. The van der Waals surface area contributed by atoms with E-state index in [0.717, 1.165) is 13.1 Å². The lowest BCUT2D eigenvalue weighted by Gasteiger charge is -2.40. The Bertz CT molecular complexity index is 391. The molecule has 114 valence electrons. The molecule has 0 radical (unpaired) electrons. The van der Waals surface area contributed by atoms with Gasteiger partial charge in [-0.15, -0.1) is 0 Å². The standard InChI is InChI=1S/C12H21N3O5/c1-12(2,15-5-3-13-4-6-15)11(20)14-8(10(18)19)7-9(16)17/h8,13H,3-7H2,1-2H3,(H,14,20)(H,16,17)(H,18,19). The van der Waals surface area contributed by atoms with E-state index in [2.05, 4.69) is 10.6 Å². The molecule has 0 saturated carbocycles. The van der Waals surface area contributed by atoms with Crippen LogP contribution in [0.2, 0.25) is 0 Å². The number of rotatable bonds is 6. The van der Waals surface area contributed by atoms with Crippen LogP contribution in [0.4, 0.5) is 0 Å². The summed E-state index contributed by atoms with van der Waals surface area (Å²) in [6.45, 7) is 6.28. The summed E-state index contributed by atoms with van der Waals surface area (Å²) in [6, 6.07) is -1.41. The molecular formula is C12H21N3O5. The topological polar surface area (TPSA) is 119 Å². The summed E-state index contributed by atoms with van der Waals surface area (Å²) in [5, 5.41) is 23.1. The molecule has 1 saturated heterocycles. The Hall–Kier alpha value is -1.67. The van der Waals surface area contributed by atoms with Crippen molar-refractivity contribution in [1.29, 1.82) is 0 Å². The normalized spacial score (nSPS) is 18.3. The highest BCUT2D eigenvalue weighted by Gasteiger charge is 2.37. The van der Waals surface area contributed by atoms with Crippen molar-refractivity contribution in [3.8, 4) is 0 Å².